The van der Waals surface area contributed by atoms with Gasteiger partial charge in [-0.1, -0.05) is 12.1 Å². The zero-order valence-corrected chi connectivity index (χ0v) is 10.9. The van der Waals surface area contributed by atoms with Crippen LogP contribution in [-0.4, -0.2) is 6.54 Å². The Kier molecular flexibility index (Phi) is 2.59. The van der Waals surface area contributed by atoms with Crippen molar-refractivity contribution in [3.05, 3.63) is 46.3 Å². The van der Waals surface area contributed by atoms with Crippen LogP contribution in [0, 0.1) is 0 Å². The highest BCUT2D eigenvalue weighted by Gasteiger charge is 2.22. The maximum atomic E-state index is 6.04. The Balaban J connectivity index is 1.89. The van der Waals surface area contributed by atoms with E-state index in [1.165, 1.54) is 11.3 Å². The minimum atomic E-state index is 0.771. The first-order valence-corrected chi connectivity index (χ1v) is 6.40. The number of hydrogen-bond acceptors (Lipinski definition) is 3. The van der Waals surface area contributed by atoms with Crippen LogP contribution in [0.2, 0.25) is 0 Å². The normalized spacial score (nSPS) is 14.1. The van der Waals surface area contributed by atoms with E-state index in [1.807, 2.05) is 24.3 Å². The molecule has 0 bridgehead atoms. The fraction of sp³-hybridized carbons (Fsp3) is 0.231. The molecule has 0 spiro atoms. The Hall–Kier alpha value is -1.42. The number of nitrogens with zero attached hydrogens (tertiary/aromatic N) is 1. The van der Waals surface area contributed by atoms with E-state index in [2.05, 4.69) is 26.9 Å². The van der Waals surface area contributed by atoms with Crippen LogP contribution in [0.1, 0.15) is 11.3 Å². The van der Waals surface area contributed by atoms with Gasteiger partial charge in [0.25, 0.3) is 0 Å². The van der Waals surface area contributed by atoms with Gasteiger partial charge in [-0.3, -0.25) is 0 Å². The number of anilines is 2. The summed E-state index contributed by atoms with van der Waals surface area (Å²) in [4.78, 5) is 2.27. The Morgan fingerprint density at radius 3 is 2.94 bits per heavy atom. The lowest BCUT2D eigenvalue weighted by Gasteiger charge is -2.19. The van der Waals surface area contributed by atoms with Crippen molar-refractivity contribution < 1.29 is 4.42 Å². The van der Waals surface area contributed by atoms with Crippen molar-refractivity contribution in [3.63, 3.8) is 0 Å². The lowest BCUT2D eigenvalue weighted by atomic mass is 10.1. The number of nitrogens with two attached hydrogens (primary N) is 1. The molecular formula is C13H13BrN2O. The van der Waals surface area contributed by atoms with E-state index in [-0.39, 0.29) is 0 Å². The number of benzene rings is 1. The second kappa shape index (κ2) is 4.11. The van der Waals surface area contributed by atoms with Crippen LogP contribution < -0.4 is 10.6 Å². The molecule has 4 heteroatoms. The van der Waals surface area contributed by atoms with Gasteiger partial charge in [-0.15, -0.1) is 0 Å². The SMILES string of the molecule is Nc1cccc2c1N(Cc1ccc(Br)o1)CC2. The van der Waals surface area contributed by atoms with E-state index in [4.69, 9.17) is 10.2 Å². The second-order valence-electron chi connectivity index (χ2n) is 4.23. The summed E-state index contributed by atoms with van der Waals surface area (Å²) in [5.41, 5.74) is 9.39. The van der Waals surface area contributed by atoms with E-state index in [0.717, 1.165) is 35.6 Å². The number of para-hydroxylation sites is 1. The zero-order valence-electron chi connectivity index (χ0n) is 9.32. The number of rotatable bonds is 2. The highest BCUT2D eigenvalue weighted by molar-refractivity contribution is 9.10. The van der Waals surface area contributed by atoms with E-state index < -0.39 is 0 Å². The Bertz CT molecular complexity index is 550. The fourth-order valence-electron chi connectivity index (χ4n) is 2.35. The molecule has 2 heterocycles. The molecule has 17 heavy (non-hydrogen) atoms. The first-order valence-electron chi connectivity index (χ1n) is 5.60. The summed E-state index contributed by atoms with van der Waals surface area (Å²) in [6, 6.07) is 10.0. The first-order chi connectivity index (χ1) is 8.24. The second-order valence-corrected chi connectivity index (χ2v) is 5.01. The number of hydrogen-bond donors (Lipinski definition) is 1. The minimum Gasteiger partial charge on any atom is -0.452 e. The molecule has 3 rings (SSSR count). The lowest BCUT2D eigenvalue weighted by molar-refractivity contribution is 0.484. The molecule has 2 aromatic rings. The maximum Gasteiger partial charge on any atom is 0.169 e. The van der Waals surface area contributed by atoms with Crippen molar-refractivity contribution in [2.24, 2.45) is 0 Å². The van der Waals surface area contributed by atoms with Gasteiger partial charge in [-0.2, -0.15) is 0 Å². The third kappa shape index (κ3) is 1.93. The van der Waals surface area contributed by atoms with E-state index >= 15 is 0 Å². The van der Waals surface area contributed by atoms with Crippen LogP contribution in [-0.2, 0) is 13.0 Å². The molecule has 2 N–H and O–H groups in total. The largest absolute Gasteiger partial charge is 0.452 e. The lowest BCUT2D eigenvalue weighted by Crippen LogP contribution is -2.20. The molecule has 0 radical (unpaired) electrons. The standard InChI is InChI=1S/C13H13BrN2O/c14-12-5-4-10(17-12)8-16-7-6-9-2-1-3-11(15)13(9)16/h1-5H,6-8,15H2. The highest BCUT2D eigenvalue weighted by atomic mass is 79.9. The Labute approximate surface area is 108 Å². The summed E-state index contributed by atoms with van der Waals surface area (Å²) in [7, 11) is 0. The summed E-state index contributed by atoms with van der Waals surface area (Å²) < 4.78 is 6.31. The number of furan rings is 1. The van der Waals surface area contributed by atoms with Gasteiger partial charge in [0.15, 0.2) is 4.67 Å². The topological polar surface area (TPSA) is 42.4 Å². The summed E-state index contributed by atoms with van der Waals surface area (Å²) in [5.74, 6) is 0.952. The van der Waals surface area contributed by atoms with Crippen molar-refractivity contribution in [3.8, 4) is 0 Å². The maximum absolute atomic E-state index is 6.04. The molecule has 0 saturated heterocycles. The molecule has 3 nitrogen and oxygen atoms in total. The van der Waals surface area contributed by atoms with Crippen molar-refractivity contribution in [1.29, 1.82) is 0 Å². The van der Waals surface area contributed by atoms with Crippen LogP contribution in [0.15, 0.2) is 39.4 Å². The predicted octanol–water partition coefficient (Wildman–Crippen LogP) is 3.19. The molecule has 0 saturated carbocycles. The van der Waals surface area contributed by atoms with Crippen LogP contribution in [0.25, 0.3) is 0 Å². The quantitative estimate of drug-likeness (QED) is 0.865. The molecular weight excluding hydrogens is 280 g/mol. The molecule has 0 amide bonds. The van der Waals surface area contributed by atoms with Gasteiger partial charge < -0.3 is 15.1 Å². The Morgan fingerprint density at radius 1 is 1.29 bits per heavy atom. The van der Waals surface area contributed by atoms with Gasteiger partial charge in [0.05, 0.1) is 17.9 Å². The molecule has 1 aliphatic rings. The van der Waals surface area contributed by atoms with Gasteiger partial charge >= 0.3 is 0 Å². The van der Waals surface area contributed by atoms with Crippen LogP contribution in [0.3, 0.4) is 0 Å². The van der Waals surface area contributed by atoms with E-state index in [1.54, 1.807) is 0 Å². The van der Waals surface area contributed by atoms with Gasteiger partial charge in [0.2, 0.25) is 0 Å². The van der Waals surface area contributed by atoms with Gasteiger partial charge in [0.1, 0.15) is 5.76 Å². The van der Waals surface area contributed by atoms with E-state index in [9.17, 15) is 0 Å². The average molecular weight is 293 g/mol. The molecule has 0 atom stereocenters. The predicted molar refractivity (Wildman–Crippen MR) is 72.0 cm³/mol. The van der Waals surface area contributed by atoms with E-state index in [0.29, 0.717) is 0 Å². The average Bonchev–Trinajstić information content (AvgIpc) is 2.88. The van der Waals surface area contributed by atoms with Crippen molar-refractivity contribution in [1.82, 2.24) is 0 Å². The summed E-state index contributed by atoms with van der Waals surface area (Å²) in [6.07, 6.45) is 1.06. The number of halogens is 1. The first kappa shape index (κ1) is 10.7. The van der Waals surface area contributed by atoms with Crippen molar-refractivity contribution >= 4 is 27.3 Å². The van der Waals surface area contributed by atoms with Gasteiger partial charge in [-0.25, -0.2) is 0 Å². The number of nitrogen functional groups attached to an aromatic ring is 1. The monoisotopic (exact) mass is 292 g/mol. The molecule has 0 unspecified atom stereocenters. The van der Waals surface area contributed by atoms with Gasteiger partial charge in [0, 0.05) is 6.54 Å². The van der Waals surface area contributed by atoms with Crippen molar-refractivity contribution in [2.45, 2.75) is 13.0 Å². The Morgan fingerprint density at radius 2 is 2.18 bits per heavy atom. The molecule has 1 aromatic heterocycles. The molecule has 1 aliphatic heterocycles. The summed E-state index contributed by atoms with van der Waals surface area (Å²) in [6.45, 7) is 1.77. The number of fused-ring (bicyclic) bond motifs is 1. The molecule has 1 aromatic carbocycles. The third-order valence-corrected chi connectivity index (χ3v) is 3.52. The summed E-state index contributed by atoms with van der Waals surface area (Å²) >= 11 is 3.32. The minimum absolute atomic E-state index is 0.771. The van der Waals surface area contributed by atoms with Crippen LogP contribution >= 0.6 is 15.9 Å². The summed E-state index contributed by atoms with van der Waals surface area (Å²) in [5, 5.41) is 0. The van der Waals surface area contributed by atoms with Gasteiger partial charge in [-0.05, 0) is 46.1 Å². The molecule has 0 aliphatic carbocycles. The zero-order chi connectivity index (χ0) is 11.8. The third-order valence-electron chi connectivity index (χ3n) is 3.09. The van der Waals surface area contributed by atoms with Crippen LogP contribution in [0.5, 0.6) is 0 Å². The fourth-order valence-corrected chi connectivity index (χ4v) is 2.69. The molecule has 88 valence electrons. The molecule has 0 fully saturated rings. The van der Waals surface area contributed by atoms with Crippen LogP contribution in [0.4, 0.5) is 11.4 Å². The smallest absolute Gasteiger partial charge is 0.169 e. The van der Waals surface area contributed by atoms with Crippen molar-refractivity contribution in [2.75, 3.05) is 17.2 Å². The highest BCUT2D eigenvalue weighted by Crippen LogP contribution is 2.34.